The number of halogens is 1. The number of likely N-dealkylation sites (N-methyl/N-ethyl adjacent to an activating group) is 1. The number of nitrogens with one attached hydrogen (secondary N) is 3. The van der Waals surface area contributed by atoms with Gasteiger partial charge in [0.05, 0.1) is 24.7 Å². The minimum Gasteiger partial charge on any atom is -0.494 e. The first-order valence-corrected chi connectivity index (χ1v) is 14.8. The number of ether oxygens (including phenoxy) is 2. The predicted octanol–water partition coefficient (Wildman–Crippen LogP) is 5.18. The molecule has 0 unspecified atom stereocenters. The molecule has 3 aromatic rings. The maximum atomic E-state index is 13.1. The van der Waals surface area contributed by atoms with Gasteiger partial charge in [-0.1, -0.05) is 37.6 Å². The standard InChI is InChI=1S/C27H35ClN6O4S/c1-5-18(6-2)33-39(35,36)25-10-8-7-9-23(25)30-26-21(28)16-29-27(32-26)31-22-12-11-19(15-24(22)37-4)38-20-13-14-34(3)17-20/h7-12,15-16,18,20,33H,5-6,13-14,17H2,1-4H3,(H2,29,30,31,32)/t20-/m0/s1. The number of benzene rings is 2. The summed E-state index contributed by atoms with van der Waals surface area (Å²) in [6, 6.07) is 12.0. The van der Waals surface area contributed by atoms with E-state index in [1.807, 2.05) is 32.0 Å². The fourth-order valence-electron chi connectivity index (χ4n) is 4.34. The molecule has 1 aromatic heterocycles. The highest BCUT2D eigenvalue weighted by Gasteiger charge is 2.23. The smallest absolute Gasteiger partial charge is 0.242 e. The van der Waals surface area contributed by atoms with Crippen molar-refractivity contribution >= 4 is 44.8 Å². The number of likely N-dealkylation sites (tertiary alicyclic amines) is 1. The van der Waals surface area contributed by atoms with Crippen LogP contribution in [0.1, 0.15) is 33.1 Å². The first kappa shape index (κ1) is 28.9. The van der Waals surface area contributed by atoms with Gasteiger partial charge >= 0.3 is 0 Å². The number of sulfonamides is 1. The van der Waals surface area contributed by atoms with Gasteiger partial charge < -0.3 is 25.0 Å². The summed E-state index contributed by atoms with van der Waals surface area (Å²) >= 11 is 6.39. The van der Waals surface area contributed by atoms with Gasteiger partial charge in [0.2, 0.25) is 16.0 Å². The maximum absolute atomic E-state index is 13.1. The molecule has 1 aliphatic heterocycles. The van der Waals surface area contributed by atoms with E-state index >= 15 is 0 Å². The number of nitrogens with zero attached hydrogens (tertiary/aromatic N) is 3. The Morgan fingerprint density at radius 1 is 1.13 bits per heavy atom. The summed E-state index contributed by atoms with van der Waals surface area (Å²) in [4.78, 5) is 11.1. The van der Waals surface area contributed by atoms with Crippen molar-refractivity contribution in [2.24, 2.45) is 0 Å². The molecule has 0 spiro atoms. The van der Waals surface area contributed by atoms with Crippen molar-refractivity contribution in [3.05, 3.63) is 53.7 Å². The minimum atomic E-state index is -3.78. The minimum absolute atomic E-state index is 0.104. The van der Waals surface area contributed by atoms with Crippen LogP contribution in [-0.2, 0) is 10.0 Å². The monoisotopic (exact) mass is 574 g/mol. The summed E-state index contributed by atoms with van der Waals surface area (Å²) in [5.41, 5.74) is 0.984. The molecule has 12 heteroatoms. The molecule has 39 heavy (non-hydrogen) atoms. The number of anilines is 4. The molecule has 0 bridgehead atoms. The molecule has 2 heterocycles. The lowest BCUT2D eigenvalue weighted by atomic mass is 10.2. The number of methoxy groups -OCH3 is 1. The number of hydrogen-bond acceptors (Lipinski definition) is 9. The number of para-hydroxylation sites is 1. The van der Waals surface area contributed by atoms with E-state index in [0.717, 1.165) is 25.3 Å². The van der Waals surface area contributed by atoms with Crippen LogP contribution in [0.4, 0.5) is 23.1 Å². The molecule has 1 atom stereocenters. The number of aromatic nitrogens is 2. The lowest BCUT2D eigenvalue weighted by Gasteiger charge is -2.18. The van der Waals surface area contributed by atoms with E-state index in [1.165, 1.54) is 6.20 Å². The number of rotatable bonds is 12. The molecular formula is C27H35ClN6O4S. The Morgan fingerprint density at radius 2 is 1.90 bits per heavy atom. The van der Waals surface area contributed by atoms with Crippen LogP contribution in [0, 0.1) is 0 Å². The molecule has 0 saturated carbocycles. The molecule has 1 saturated heterocycles. The van der Waals surface area contributed by atoms with E-state index in [1.54, 1.807) is 31.4 Å². The van der Waals surface area contributed by atoms with E-state index in [2.05, 4.69) is 37.3 Å². The van der Waals surface area contributed by atoms with Crippen LogP contribution in [-0.4, -0.2) is 62.7 Å². The Hall–Kier alpha value is -3.12. The molecule has 0 aliphatic carbocycles. The summed E-state index contributed by atoms with van der Waals surface area (Å²) in [5.74, 6) is 1.79. The first-order chi connectivity index (χ1) is 18.7. The molecule has 1 fully saturated rings. The van der Waals surface area contributed by atoms with E-state index in [9.17, 15) is 8.42 Å². The van der Waals surface area contributed by atoms with Crippen molar-refractivity contribution in [3.8, 4) is 11.5 Å². The van der Waals surface area contributed by atoms with Crippen LogP contribution in [0.15, 0.2) is 53.6 Å². The van der Waals surface area contributed by atoms with Gasteiger partial charge in [-0.2, -0.15) is 4.98 Å². The molecule has 3 N–H and O–H groups in total. The van der Waals surface area contributed by atoms with E-state index in [4.69, 9.17) is 21.1 Å². The topological polar surface area (TPSA) is 118 Å². The van der Waals surface area contributed by atoms with Gasteiger partial charge in [0, 0.05) is 25.2 Å². The van der Waals surface area contributed by atoms with Crippen molar-refractivity contribution < 1.29 is 17.9 Å². The lowest BCUT2D eigenvalue weighted by Crippen LogP contribution is -2.34. The third-order valence-corrected chi connectivity index (χ3v) is 8.41. The normalized spacial score (nSPS) is 15.9. The Labute approximate surface area is 235 Å². The van der Waals surface area contributed by atoms with Crippen molar-refractivity contribution in [1.82, 2.24) is 19.6 Å². The van der Waals surface area contributed by atoms with Crippen LogP contribution < -0.4 is 24.8 Å². The summed E-state index contributed by atoms with van der Waals surface area (Å²) in [6.45, 7) is 5.78. The highest BCUT2D eigenvalue weighted by atomic mass is 35.5. The maximum Gasteiger partial charge on any atom is 0.242 e. The largest absolute Gasteiger partial charge is 0.494 e. The molecule has 0 radical (unpaired) electrons. The Balaban J connectivity index is 1.54. The highest BCUT2D eigenvalue weighted by molar-refractivity contribution is 7.89. The van der Waals surface area contributed by atoms with E-state index < -0.39 is 10.0 Å². The molecule has 2 aromatic carbocycles. The highest BCUT2D eigenvalue weighted by Crippen LogP contribution is 2.33. The summed E-state index contributed by atoms with van der Waals surface area (Å²) in [6.07, 6.45) is 3.94. The first-order valence-electron chi connectivity index (χ1n) is 12.9. The second-order valence-corrected chi connectivity index (χ2v) is 11.5. The molecule has 0 amide bonds. The lowest BCUT2D eigenvalue weighted by molar-refractivity contribution is 0.207. The summed E-state index contributed by atoms with van der Waals surface area (Å²) in [7, 11) is -0.119. The zero-order chi connectivity index (χ0) is 28.0. The second-order valence-electron chi connectivity index (χ2n) is 9.42. The van der Waals surface area contributed by atoms with Gasteiger partial charge in [0.15, 0.2) is 5.82 Å². The van der Waals surface area contributed by atoms with Crippen LogP contribution >= 0.6 is 11.6 Å². The fourth-order valence-corrected chi connectivity index (χ4v) is 6.04. The molecule has 10 nitrogen and oxygen atoms in total. The quantitative estimate of drug-likeness (QED) is 0.269. The Kier molecular flexibility index (Phi) is 9.49. The van der Waals surface area contributed by atoms with Crippen molar-refractivity contribution in [2.75, 3.05) is 37.9 Å². The van der Waals surface area contributed by atoms with Crippen molar-refractivity contribution in [3.63, 3.8) is 0 Å². The van der Waals surface area contributed by atoms with Gasteiger partial charge in [-0.15, -0.1) is 0 Å². The number of hydrogen-bond donors (Lipinski definition) is 3. The zero-order valence-corrected chi connectivity index (χ0v) is 24.1. The second kappa shape index (κ2) is 12.8. The predicted molar refractivity (Wildman–Crippen MR) is 154 cm³/mol. The molecule has 4 rings (SSSR count). The molecule has 1 aliphatic rings. The van der Waals surface area contributed by atoms with Gasteiger partial charge in [0.1, 0.15) is 27.5 Å². The average molecular weight is 575 g/mol. The fraction of sp³-hybridized carbons (Fsp3) is 0.407. The van der Waals surface area contributed by atoms with Crippen molar-refractivity contribution in [2.45, 2.75) is 50.2 Å². The van der Waals surface area contributed by atoms with Crippen LogP contribution in [0.3, 0.4) is 0 Å². The summed E-state index contributed by atoms with van der Waals surface area (Å²) in [5, 5.41) is 6.45. The van der Waals surface area contributed by atoms with E-state index in [-0.39, 0.29) is 33.8 Å². The molecular weight excluding hydrogens is 540 g/mol. The third kappa shape index (κ3) is 7.30. The van der Waals surface area contributed by atoms with Gasteiger partial charge in [-0.25, -0.2) is 18.1 Å². The summed E-state index contributed by atoms with van der Waals surface area (Å²) < 4.78 is 40.7. The van der Waals surface area contributed by atoms with Crippen LogP contribution in [0.2, 0.25) is 5.02 Å². The van der Waals surface area contributed by atoms with Crippen LogP contribution in [0.5, 0.6) is 11.5 Å². The van der Waals surface area contributed by atoms with Gasteiger partial charge in [-0.05, 0) is 50.6 Å². The average Bonchev–Trinajstić information content (AvgIpc) is 3.34. The zero-order valence-electron chi connectivity index (χ0n) is 22.6. The van der Waals surface area contributed by atoms with Crippen molar-refractivity contribution in [1.29, 1.82) is 0 Å². The Morgan fingerprint density at radius 3 is 2.59 bits per heavy atom. The van der Waals surface area contributed by atoms with Crippen LogP contribution in [0.25, 0.3) is 0 Å². The van der Waals surface area contributed by atoms with Gasteiger partial charge in [0.25, 0.3) is 0 Å². The van der Waals surface area contributed by atoms with Gasteiger partial charge in [-0.3, -0.25) is 0 Å². The van der Waals surface area contributed by atoms with E-state index in [0.29, 0.717) is 30.0 Å². The molecule has 210 valence electrons. The third-order valence-electron chi connectivity index (χ3n) is 6.55. The SMILES string of the molecule is CCC(CC)NS(=O)(=O)c1ccccc1Nc1nc(Nc2ccc(O[C@H]3CCN(C)C3)cc2OC)ncc1Cl. The Bertz CT molecular complexity index is 1390.